The second-order valence-electron chi connectivity index (χ2n) is 13.2. The number of hydrogen-bond donors (Lipinski definition) is 0. The van der Waals surface area contributed by atoms with E-state index >= 15 is 0 Å². The molecule has 1 aromatic rings. The Hall–Kier alpha value is 0.0103. The minimum absolute atomic E-state index is 0. The third kappa shape index (κ3) is 18.2. The largest absolute Gasteiger partial charge is 2.00 e. The molecule has 185 valence electrons. The molecular formula is C25H53CoN3Si2. The molecule has 0 bridgehead atoms. The van der Waals surface area contributed by atoms with Crippen LogP contribution in [0, 0.1) is 0 Å². The molecule has 31 heavy (non-hydrogen) atoms. The second-order valence-corrected chi connectivity index (χ2v) is 22.9. The van der Waals surface area contributed by atoms with Gasteiger partial charge in [0.1, 0.15) is 0 Å². The Kier molecular flexibility index (Phi) is 15.0. The van der Waals surface area contributed by atoms with Crippen molar-refractivity contribution in [1.29, 1.82) is 0 Å². The van der Waals surface area contributed by atoms with E-state index in [0.717, 1.165) is 0 Å². The Labute approximate surface area is 208 Å². The summed E-state index contributed by atoms with van der Waals surface area (Å²) in [6, 6.07) is 5.72. The van der Waals surface area contributed by atoms with Crippen molar-refractivity contribution in [3.63, 3.8) is 0 Å². The molecule has 0 spiro atoms. The van der Waals surface area contributed by atoms with E-state index in [1.54, 1.807) is 12.4 Å². The van der Waals surface area contributed by atoms with Gasteiger partial charge in [0.15, 0.2) is 0 Å². The molecule has 1 radical (unpaired) electrons. The van der Waals surface area contributed by atoms with Crippen molar-refractivity contribution in [2.75, 3.05) is 0 Å². The monoisotopic (exact) mass is 510 g/mol. The van der Waals surface area contributed by atoms with Crippen LogP contribution in [0.5, 0.6) is 0 Å². The van der Waals surface area contributed by atoms with Crippen LogP contribution in [0.2, 0.25) is 36.3 Å². The van der Waals surface area contributed by atoms with E-state index in [9.17, 15) is 0 Å². The van der Waals surface area contributed by atoms with Gasteiger partial charge in [0, 0.05) is 12.4 Å². The Morgan fingerprint density at radius 1 is 0.516 bits per heavy atom. The maximum absolute atomic E-state index is 4.95. The zero-order valence-corrected chi connectivity index (χ0v) is 26.6. The zero-order valence-electron chi connectivity index (χ0n) is 23.6. The van der Waals surface area contributed by atoms with Crippen molar-refractivity contribution >= 4 is 16.5 Å². The Morgan fingerprint density at radius 2 is 0.774 bits per heavy atom. The van der Waals surface area contributed by atoms with Gasteiger partial charge >= 0.3 is 16.8 Å². The minimum atomic E-state index is -1.42. The van der Waals surface area contributed by atoms with Gasteiger partial charge in [0.05, 0.1) is 0 Å². The fourth-order valence-electron chi connectivity index (χ4n) is 2.33. The van der Waals surface area contributed by atoms with Gasteiger partial charge in [-0.1, -0.05) is 142 Å². The summed E-state index contributed by atoms with van der Waals surface area (Å²) in [6.07, 6.45) is 3.50. The molecule has 0 N–H and O–H groups in total. The maximum Gasteiger partial charge on any atom is 2.00 e. The van der Waals surface area contributed by atoms with Gasteiger partial charge in [-0.3, -0.25) is 4.98 Å². The topological polar surface area (TPSA) is 41.1 Å². The standard InChI is InChI=1S/2C10H24NSi.C5H5N.Co/c2*1-9(2,3)11-12(7,8)10(4,5)6;1-2-4-6-5-3-1;/h2*1-8H3;1-5H;/q2*-1;;+2. The minimum Gasteiger partial charge on any atom is -0.659 e. The summed E-state index contributed by atoms with van der Waals surface area (Å²) in [6.45, 7) is 36.3. The van der Waals surface area contributed by atoms with Crippen LogP contribution in [0.3, 0.4) is 0 Å². The smallest absolute Gasteiger partial charge is 0.659 e. The SMILES string of the molecule is CC(C)(C)[N-][Si](C)(C)C(C)(C)C.CC(C)(C)[N-][Si](C)(C)C(C)(C)C.[Co+2].c1ccncc1. The first kappa shape index (κ1) is 35.6. The quantitative estimate of drug-likeness (QED) is 0.365. The fraction of sp³-hybridized carbons (Fsp3) is 0.800. The van der Waals surface area contributed by atoms with Crippen LogP contribution < -0.4 is 0 Å². The summed E-state index contributed by atoms with van der Waals surface area (Å²) >= 11 is 0. The average Bonchev–Trinajstić information content (AvgIpc) is 2.43. The van der Waals surface area contributed by atoms with E-state index in [-0.39, 0.29) is 27.9 Å². The van der Waals surface area contributed by atoms with Crippen LogP contribution in [-0.2, 0) is 16.8 Å². The van der Waals surface area contributed by atoms with Crippen LogP contribution in [0.15, 0.2) is 30.6 Å². The predicted octanol–water partition coefficient (Wildman–Crippen LogP) is 9.41. The number of rotatable bonds is 2. The van der Waals surface area contributed by atoms with Crippen LogP contribution in [0.1, 0.15) is 83.1 Å². The summed E-state index contributed by atoms with van der Waals surface area (Å²) in [5.74, 6) is 0. The van der Waals surface area contributed by atoms with Crippen LogP contribution in [0.4, 0.5) is 0 Å². The molecule has 0 aliphatic heterocycles. The van der Waals surface area contributed by atoms with E-state index in [0.29, 0.717) is 10.1 Å². The van der Waals surface area contributed by atoms with Crippen molar-refractivity contribution < 1.29 is 16.8 Å². The summed E-state index contributed by atoms with van der Waals surface area (Å²) in [4.78, 5) is 13.7. The van der Waals surface area contributed by atoms with E-state index in [4.69, 9.17) is 9.96 Å². The molecule has 6 heteroatoms. The number of pyridine rings is 1. The summed E-state index contributed by atoms with van der Waals surface area (Å²) < 4.78 is 0. The molecule has 3 nitrogen and oxygen atoms in total. The normalized spacial score (nSPS) is 13.2. The Balaban J connectivity index is -0.000000391. The van der Waals surface area contributed by atoms with Gasteiger partial charge in [0.2, 0.25) is 0 Å². The third-order valence-corrected chi connectivity index (χ3v) is 15.3. The molecule has 0 saturated heterocycles. The van der Waals surface area contributed by atoms with Crippen molar-refractivity contribution in [2.45, 2.75) is 130 Å². The van der Waals surface area contributed by atoms with E-state index in [1.165, 1.54) is 0 Å². The molecule has 0 aliphatic rings. The van der Waals surface area contributed by atoms with Gasteiger partial charge in [-0.25, -0.2) is 0 Å². The average molecular weight is 511 g/mol. The summed E-state index contributed by atoms with van der Waals surface area (Å²) in [5.41, 5.74) is 0.256. The van der Waals surface area contributed by atoms with E-state index < -0.39 is 16.5 Å². The zero-order chi connectivity index (χ0) is 24.7. The first-order valence-corrected chi connectivity index (χ1v) is 17.1. The fourth-order valence-corrected chi connectivity index (χ4v) is 6.35. The van der Waals surface area contributed by atoms with Crippen molar-refractivity contribution in [1.82, 2.24) is 4.98 Å². The van der Waals surface area contributed by atoms with Gasteiger partial charge in [-0.15, -0.1) is 11.1 Å². The Bertz CT molecular complexity index is 511. The molecule has 1 rings (SSSR count). The first-order chi connectivity index (χ1) is 12.9. The van der Waals surface area contributed by atoms with Crippen molar-refractivity contribution in [2.24, 2.45) is 0 Å². The van der Waals surface area contributed by atoms with Crippen LogP contribution >= 0.6 is 0 Å². The van der Waals surface area contributed by atoms with Gasteiger partial charge < -0.3 is 9.96 Å². The van der Waals surface area contributed by atoms with E-state index in [1.807, 2.05) is 18.2 Å². The maximum atomic E-state index is 4.95. The molecule has 0 atom stereocenters. The van der Waals surface area contributed by atoms with Gasteiger partial charge in [0.25, 0.3) is 0 Å². The molecule has 0 aromatic carbocycles. The van der Waals surface area contributed by atoms with Crippen LogP contribution in [0.25, 0.3) is 9.96 Å². The first-order valence-electron chi connectivity index (χ1n) is 11.2. The molecule has 0 unspecified atom stereocenters. The van der Waals surface area contributed by atoms with Gasteiger partial charge in [-0.2, -0.15) is 0 Å². The molecule has 0 saturated carbocycles. The number of nitrogens with zero attached hydrogens (tertiary/aromatic N) is 3. The third-order valence-electron chi connectivity index (χ3n) is 5.47. The Morgan fingerprint density at radius 3 is 0.839 bits per heavy atom. The second kappa shape index (κ2) is 13.0. The van der Waals surface area contributed by atoms with Gasteiger partial charge in [-0.05, 0) is 12.1 Å². The molecular weight excluding hydrogens is 457 g/mol. The molecule has 0 fully saturated rings. The number of aromatic nitrogens is 1. The molecule has 0 aliphatic carbocycles. The summed E-state index contributed by atoms with van der Waals surface area (Å²) in [5, 5.41) is 0.751. The van der Waals surface area contributed by atoms with E-state index in [2.05, 4.69) is 114 Å². The number of hydrogen-bond acceptors (Lipinski definition) is 1. The molecule has 1 aromatic heterocycles. The molecule has 1 heterocycles. The van der Waals surface area contributed by atoms with Crippen molar-refractivity contribution in [3.05, 3.63) is 40.6 Å². The predicted molar refractivity (Wildman–Crippen MR) is 145 cm³/mol. The van der Waals surface area contributed by atoms with Crippen molar-refractivity contribution in [3.8, 4) is 0 Å². The molecule has 0 amide bonds. The summed E-state index contributed by atoms with van der Waals surface area (Å²) in [7, 11) is -2.83. The van der Waals surface area contributed by atoms with Crippen LogP contribution in [-0.4, -0.2) is 32.5 Å².